The molecule has 5 aliphatic rings. The van der Waals surface area contributed by atoms with Crippen molar-refractivity contribution in [3.05, 3.63) is 29.3 Å². The summed E-state index contributed by atoms with van der Waals surface area (Å²) in [7, 11) is -2.22. The van der Waals surface area contributed by atoms with Crippen molar-refractivity contribution in [1.29, 1.82) is 0 Å². The number of hydrogen-bond donors (Lipinski definition) is 0. The largest absolute Gasteiger partial charge is 0.502 e. The Bertz CT molecular complexity index is 1820. The third-order valence-electron chi connectivity index (χ3n) is 13.8. The highest BCUT2D eigenvalue weighted by Crippen LogP contribution is 2.62. The van der Waals surface area contributed by atoms with Crippen LogP contribution >= 0.6 is 7.82 Å². The molecule has 6 rings (SSSR count). The van der Waals surface area contributed by atoms with E-state index in [9.17, 15) is 58.6 Å². The first-order valence-electron chi connectivity index (χ1n) is 21.4. The van der Waals surface area contributed by atoms with Gasteiger partial charge in [0.15, 0.2) is 0 Å². The summed E-state index contributed by atoms with van der Waals surface area (Å²) in [4.78, 5) is 41.3. The van der Waals surface area contributed by atoms with Gasteiger partial charge in [-0.15, -0.1) is 4.89 Å². The Balaban J connectivity index is 0.967. The SMILES string of the molecule is COC[C@H]1O[C@@H](N2CC(C)C(=O)N(CCCCOc3ccc4c(c3)CCC3C4CCC4(C)C(OCCCOC(C(F)(F)F)(C(F)(F)F)C(F)(F)F)CCC34)C2=O)CC1OP([O])(=O)OC. The van der Waals surface area contributed by atoms with Crippen LogP contribution in [0.2, 0.25) is 0 Å². The average Bonchev–Trinajstić information content (AvgIpc) is 3.75. The maximum atomic E-state index is 13.6. The van der Waals surface area contributed by atoms with Gasteiger partial charge in [-0.3, -0.25) is 23.6 Å². The van der Waals surface area contributed by atoms with Gasteiger partial charge < -0.3 is 23.7 Å². The van der Waals surface area contributed by atoms with Crippen molar-refractivity contribution in [3.63, 3.8) is 0 Å². The molecule has 3 aliphatic carbocycles. The maximum Gasteiger partial charge on any atom is 0.502 e. The first-order chi connectivity index (χ1) is 29.9. The van der Waals surface area contributed by atoms with E-state index in [1.165, 1.54) is 22.5 Å². The van der Waals surface area contributed by atoms with Crippen molar-refractivity contribution < 1.29 is 91.3 Å². The predicted octanol–water partition coefficient (Wildman–Crippen LogP) is 9.15. The van der Waals surface area contributed by atoms with Gasteiger partial charge >= 0.3 is 38.0 Å². The van der Waals surface area contributed by atoms with E-state index in [0.717, 1.165) is 44.8 Å². The number of unbranched alkanes of at least 4 members (excludes halogenated alkanes) is 1. The number of fused-ring (bicyclic) bond motifs is 5. The molecular weight excluding hydrogens is 898 g/mol. The molecule has 1 aromatic carbocycles. The molecule has 0 bridgehead atoms. The molecule has 1 radical (unpaired) electrons. The number of carbonyl (C=O) groups excluding carboxylic acids is 2. The van der Waals surface area contributed by atoms with Crippen LogP contribution < -0.4 is 4.74 Å². The number of nitrogens with zero attached hydrogens (tertiary/aromatic N) is 2. The molecule has 2 saturated carbocycles. The van der Waals surface area contributed by atoms with E-state index in [2.05, 4.69) is 22.3 Å². The van der Waals surface area contributed by atoms with E-state index in [0.29, 0.717) is 37.5 Å². The molecule has 0 aromatic heterocycles. The first-order valence-corrected chi connectivity index (χ1v) is 22.9. The molecule has 0 N–H and O–H groups in total. The van der Waals surface area contributed by atoms with Gasteiger partial charge in [0.2, 0.25) is 5.91 Å². The number of rotatable bonds is 18. The second kappa shape index (κ2) is 19.5. The lowest BCUT2D eigenvalue weighted by Crippen LogP contribution is -2.67. The number of alkyl halides is 9. The number of benzene rings is 1. The molecule has 64 heavy (non-hydrogen) atoms. The van der Waals surface area contributed by atoms with E-state index >= 15 is 0 Å². The standard InChI is InChI=1S/C41H55F9N2O11P/c1-24-22-52(34-21-31(32(62-34)23-57-3)63-64(55,56)58-4)36(54)51(35(24)53)16-5-6-17-59-26-9-11-27-25(20-26)8-10-29-28(27)14-15-37(2)30(29)12-13-33(37)60-18-7-19-61-38(39(42,43)44,40(45,46)47)41(48,49)50/h9,11,20,24,28-34H,5-8,10,12-19,21-23H2,1-4H3/t24?,28?,29?,30?,31?,32-,33?,34-,37?/m1/s1. The monoisotopic (exact) mass is 953 g/mol. The molecule has 8 unspecified atom stereocenters. The summed E-state index contributed by atoms with van der Waals surface area (Å²) in [5.74, 6) is 0.592. The predicted molar refractivity (Wildman–Crippen MR) is 205 cm³/mol. The van der Waals surface area contributed by atoms with Crippen LogP contribution in [0.5, 0.6) is 5.75 Å². The van der Waals surface area contributed by atoms with Crippen LogP contribution in [0.1, 0.15) is 88.7 Å². The summed E-state index contributed by atoms with van der Waals surface area (Å²) < 4.78 is 168. The quantitative estimate of drug-likeness (QED) is 0.0795. The summed E-state index contributed by atoms with van der Waals surface area (Å²) in [6.45, 7) is 2.49. The second-order valence-electron chi connectivity index (χ2n) is 17.6. The van der Waals surface area contributed by atoms with Crippen molar-refractivity contribution in [1.82, 2.24) is 9.80 Å². The third kappa shape index (κ3) is 10.1. The number of ether oxygens (including phenoxy) is 5. The molecule has 363 valence electrons. The Morgan fingerprint density at radius 3 is 2.27 bits per heavy atom. The van der Waals surface area contributed by atoms with Gasteiger partial charge in [0.05, 0.1) is 31.8 Å². The van der Waals surface area contributed by atoms with Crippen LogP contribution in [0, 0.1) is 23.2 Å². The van der Waals surface area contributed by atoms with Crippen LogP contribution in [0.15, 0.2) is 18.2 Å². The Morgan fingerprint density at radius 1 is 0.906 bits per heavy atom. The fourth-order valence-electron chi connectivity index (χ4n) is 10.6. The number of imide groups is 1. The van der Waals surface area contributed by atoms with Gasteiger partial charge in [-0.05, 0) is 104 Å². The minimum Gasteiger partial charge on any atom is -0.494 e. The molecule has 2 aliphatic heterocycles. The van der Waals surface area contributed by atoms with Gasteiger partial charge in [0.1, 0.15) is 24.2 Å². The average molecular weight is 954 g/mol. The highest BCUT2D eigenvalue weighted by Gasteiger charge is 2.85. The van der Waals surface area contributed by atoms with Crippen LogP contribution in [0.25, 0.3) is 0 Å². The zero-order chi connectivity index (χ0) is 47.0. The van der Waals surface area contributed by atoms with Crippen LogP contribution in [0.3, 0.4) is 0 Å². The number of carbonyl (C=O) groups is 2. The summed E-state index contributed by atoms with van der Waals surface area (Å²) in [6.07, 6.45) is -18.3. The fraction of sp³-hybridized carbons (Fsp3) is 0.805. The second-order valence-corrected chi connectivity index (χ2v) is 19.1. The molecule has 10 atom stereocenters. The van der Waals surface area contributed by atoms with Crippen molar-refractivity contribution in [2.75, 3.05) is 53.7 Å². The number of urea groups is 1. The molecule has 4 fully saturated rings. The van der Waals surface area contributed by atoms with Gasteiger partial charge in [0, 0.05) is 40.3 Å². The lowest BCUT2D eigenvalue weighted by Gasteiger charge is -2.50. The molecule has 1 aromatic rings. The highest BCUT2D eigenvalue weighted by atomic mass is 31.2. The zero-order valence-electron chi connectivity index (χ0n) is 35.9. The highest BCUT2D eigenvalue weighted by molar-refractivity contribution is 7.47. The zero-order valence-corrected chi connectivity index (χ0v) is 36.8. The molecular formula is C41H55F9N2O11P. The molecule has 23 heteroatoms. The Morgan fingerprint density at radius 2 is 1.61 bits per heavy atom. The Kier molecular flexibility index (Phi) is 15.4. The van der Waals surface area contributed by atoms with E-state index in [1.807, 2.05) is 12.1 Å². The van der Waals surface area contributed by atoms with E-state index in [1.54, 1.807) is 6.92 Å². The number of amides is 3. The van der Waals surface area contributed by atoms with Gasteiger partial charge in [0.25, 0.3) is 0 Å². The molecule has 0 spiro atoms. The van der Waals surface area contributed by atoms with E-state index in [-0.39, 0.29) is 62.0 Å². The van der Waals surface area contributed by atoms with Crippen LogP contribution in [0.4, 0.5) is 44.3 Å². The van der Waals surface area contributed by atoms with Gasteiger partial charge in [-0.2, -0.15) is 39.5 Å². The Labute approximate surface area is 365 Å². The van der Waals surface area contributed by atoms with Gasteiger partial charge in [-0.25, -0.2) is 9.36 Å². The van der Waals surface area contributed by atoms with Crippen molar-refractivity contribution in [3.8, 4) is 5.75 Å². The summed E-state index contributed by atoms with van der Waals surface area (Å²) in [5, 5.41) is 0. The van der Waals surface area contributed by atoms with E-state index < -0.39 is 75.4 Å². The fourth-order valence-corrected chi connectivity index (χ4v) is 11.3. The summed E-state index contributed by atoms with van der Waals surface area (Å²) in [5.41, 5.74) is -4.25. The number of halogens is 9. The smallest absolute Gasteiger partial charge is 0.494 e. The molecule has 13 nitrogen and oxygen atoms in total. The van der Waals surface area contributed by atoms with Gasteiger partial charge in [-0.1, -0.05) is 19.9 Å². The van der Waals surface area contributed by atoms with Crippen molar-refractivity contribution in [2.45, 2.75) is 133 Å². The Hall–Kier alpha value is -2.72. The number of methoxy groups -OCH3 is 1. The first kappa shape index (κ1) is 50.7. The van der Waals surface area contributed by atoms with Crippen molar-refractivity contribution in [2.24, 2.45) is 23.2 Å². The van der Waals surface area contributed by atoms with Crippen molar-refractivity contribution >= 4 is 19.8 Å². The summed E-state index contributed by atoms with van der Waals surface area (Å²) >= 11 is 0. The van der Waals surface area contributed by atoms with Crippen LogP contribution in [-0.2, 0) is 48.7 Å². The molecule has 2 heterocycles. The minimum absolute atomic E-state index is 0.00477. The maximum absolute atomic E-state index is 13.6. The van der Waals surface area contributed by atoms with Crippen LogP contribution in [-0.4, -0.2) is 124 Å². The van der Waals surface area contributed by atoms with E-state index in [4.69, 9.17) is 23.5 Å². The molecule has 2 saturated heterocycles. The number of hydrogen-bond acceptors (Lipinski definition) is 10. The molecule has 3 amide bonds. The summed E-state index contributed by atoms with van der Waals surface area (Å²) in [6, 6.07) is 5.45. The lowest BCUT2D eigenvalue weighted by molar-refractivity contribution is -0.457. The topological polar surface area (TPSA) is 142 Å². The minimum atomic E-state index is -6.78. The number of aryl methyl sites for hydroxylation is 1. The normalized spacial score (nSPS) is 31.2. The third-order valence-corrected chi connectivity index (χ3v) is 14.7. The lowest BCUT2D eigenvalue weighted by atomic mass is 9.55.